The normalized spacial score (nSPS) is 12.6. The Hall–Kier alpha value is -8.72. The summed E-state index contributed by atoms with van der Waals surface area (Å²) in [5.41, 5.74) is 18.9. The van der Waals surface area contributed by atoms with Crippen LogP contribution < -0.4 is 4.90 Å². The second kappa shape index (κ2) is 15.8. The van der Waals surface area contributed by atoms with Gasteiger partial charge in [0.15, 0.2) is 0 Å². The van der Waals surface area contributed by atoms with E-state index < -0.39 is 5.41 Å². The number of benzene rings is 11. The zero-order chi connectivity index (χ0) is 44.3. The molecule has 12 aromatic rings. The standard InChI is InChI=1S/C65H44N2/c1-3-16-45(17-4-1)46-30-35-51(36-31-46)66(52-37-32-48(33-38-52)56-26-15-19-47-18-7-8-22-55(47)56)53-39-41-54(42-40-53)67-63-29-14-11-25-59(63)60-44-50(34-43-64(60)67)65(49-20-5-2-6-21-49)61-27-12-9-23-57(61)58-24-10-13-28-62(58)65/h1-44H. The monoisotopic (exact) mass is 852 g/mol. The van der Waals surface area contributed by atoms with Crippen molar-refractivity contribution in [3.05, 3.63) is 289 Å². The van der Waals surface area contributed by atoms with E-state index >= 15 is 0 Å². The molecule has 0 spiro atoms. The van der Waals surface area contributed by atoms with Crippen molar-refractivity contribution in [2.24, 2.45) is 0 Å². The molecule has 1 aliphatic carbocycles. The molecule has 0 radical (unpaired) electrons. The van der Waals surface area contributed by atoms with Gasteiger partial charge in [0.1, 0.15) is 0 Å². The van der Waals surface area contributed by atoms with Crippen LogP contribution in [0, 0.1) is 0 Å². The molecule has 0 amide bonds. The van der Waals surface area contributed by atoms with Gasteiger partial charge < -0.3 is 9.47 Å². The van der Waals surface area contributed by atoms with E-state index in [1.807, 2.05) is 0 Å². The molecule has 2 heteroatoms. The highest BCUT2D eigenvalue weighted by atomic mass is 15.1. The summed E-state index contributed by atoms with van der Waals surface area (Å²) in [5.74, 6) is 0. The minimum absolute atomic E-state index is 0.469. The number of hydrogen-bond acceptors (Lipinski definition) is 1. The van der Waals surface area contributed by atoms with Crippen LogP contribution in [0.25, 0.3) is 71.6 Å². The molecule has 0 aliphatic heterocycles. The number of rotatable bonds is 8. The lowest BCUT2D eigenvalue weighted by Gasteiger charge is -2.34. The van der Waals surface area contributed by atoms with Gasteiger partial charge in [0.25, 0.3) is 0 Å². The Morgan fingerprint density at radius 3 is 1.48 bits per heavy atom. The number of anilines is 3. The summed E-state index contributed by atoms with van der Waals surface area (Å²) in [5, 5.41) is 4.97. The van der Waals surface area contributed by atoms with Crippen LogP contribution in [0.3, 0.4) is 0 Å². The Morgan fingerprint density at radius 1 is 0.299 bits per heavy atom. The van der Waals surface area contributed by atoms with E-state index in [9.17, 15) is 0 Å². The van der Waals surface area contributed by atoms with Gasteiger partial charge in [-0.1, -0.05) is 200 Å². The van der Waals surface area contributed by atoms with Crippen LogP contribution in [0.5, 0.6) is 0 Å². The topological polar surface area (TPSA) is 8.17 Å². The fourth-order valence-corrected chi connectivity index (χ4v) is 11.1. The first-order valence-electron chi connectivity index (χ1n) is 23.2. The summed E-state index contributed by atoms with van der Waals surface area (Å²) in [6.07, 6.45) is 0. The molecule has 0 N–H and O–H groups in total. The summed E-state index contributed by atoms with van der Waals surface area (Å²) < 4.78 is 2.43. The third-order valence-corrected chi connectivity index (χ3v) is 14.1. The van der Waals surface area contributed by atoms with E-state index in [1.54, 1.807) is 0 Å². The van der Waals surface area contributed by atoms with Gasteiger partial charge in [-0.25, -0.2) is 0 Å². The maximum absolute atomic E-state index is 2.47. The van der Waals surface area contributed by atoms with Crippen molar-refractivity contribution < 1.29 is 0 Å². The molecule has 0 unspecified atom stereocenters. The molecule has 0 atom stereocenters. The van der Waals surface area contributed by atoms with Gasteiger partial charge in [0.05, 0.1) is 16.4 Å². The van der Waals surface area contributed by atoms with Crippen molar-refractivity contribution in [2.75, 3.05) is 4.90 Å². The van der Waals surface area contributed by atoms with Crippen molar-refractivity contribution >= 4 is 49.6 Å². The van der Waals surface area contributed by atoms with Crippen LogP contribution in [-0.2, 0) is 5.41 Å². The smallest absolute Gasteiger partial charge is 0.0713 e. The largest absolute Gasteiger partial charge is 0.311 e. The average molecular weight is 853 g/mol. The Kier molecular flexibility index (Phi) is 9.11. The number of hydrogen-bond donors (Lipinski definition) is 0. The molecule has 67 heavy (non-hydrogen) atoms. The van der Waals surface area contributed by atoms with Crippen molar-refractivity contribution in [3.63, 3.8) is 0 Å². The zero-order valence-electron chi connectivity index (χ0n) is 36.8. The van der Waals surface area contributed by atoms with Gasteiger partial charge in [0.2, 0.25) is 0 Å². The first kappa shape index (κ1) is 38.7. The third kappa shape index (κ3) is 6.18. The van der Waals surface area contributed by atoms with Crippen LogP contribution >= 0.6 is 0 Å². The molecule has 1 aromatic heterocycles. The Bertz CT molecular complexity index is 3720. The van der Waals surface area contributed by atoms with E-state index in [0.29, 0.717) is 0 Å². The van der Waals surface area contributed by atoms with Gasteiger partial charge in [-0.3, -0.25) is 0 Å². The van der Waals surface area contributed by atoms with Gasteiger partial charge in [-0.2, -0.15) is 0 Å². The average Bonchev–Trinajstić information content (AvgIpc) is 3.90. The van der Waals surface area contributed by atoms with Gasteiger partial charge >= 0.3 is 0 Å². The van der Waals surface area contributed by atoms with E-state index in [-0.39, 0.29) is 0 Å². The summed E-state index contributed by atoms with van der Waals surface area (Å²) in [6.45, 7) is 0. The first-order valence-corrected chi connectivity index (χ1v) is 23.2. The first-order chi connectivity index (χ1) is 33.2. The Morgan fingerprint density at radius 2 is 0.791 bits per heavy atom. The molecule has 13 rings (SSSR count). The molecule has 0 saturated heterocycles. The number of fused-ring (bicyclic) bond motifs is 7. The van der Waals surface area contributed by atoms with Gasteiger partial charge in [-0.05, 0) is 133 Å². The lowest BCUT2D eigenvalue weighted by atomic mass is 9.67. The second-order valence-electron chi connectivity index (χ2n) is 17.6. The number of para-hydroxylation sites is 1. The SMILES string of the molecule is c1ccc(-c2ccc(N(c3ccc(-c4cccc5ccccc45)cc3)c3ccc(-n4c5ccccc5c5cc(C6(c7ccccc7)c7ccccc7-c7ccccc76)ccc54)cc3)cc2)cc1. The van der Waals surface area contributed by atoms with Crippen LogP contribution in [-0.4, -0.2) is 4.57 Å². The fourth-order valence-electron chi connectivity index (χ4n) is 11.1. The summed E-state index contributed by atoms with van der Waals surface area (Å²) in [4.78, 5) is 2.36. The van der Waals surface area contributed by atoms with E-state index in [2.05, 4.69) is 276 Å². The fraction of sp³-hybridized carbons (Fsp3) is 0.0154. The highest BCUT2D eigenvalue weighted by Crippen LogP contribution is 2.56. The van der Waals surface area contributed by atoms with Crippen LogP contribution in [0.15, 0.2) is 267 Å². The van der Waals surface area contributed by atoms with Crippen molar-refractivity contribution in [3.8, 4) is 39.1 Å². The highest BCUT2D eigenvalue weighted by Gasteiger charge is 2.46. The van der Waals surface area contributed by atoms with Crippen molar-refractivity contribution in [2.45, 2.75) is 5.41 Å². The molecule has 1 heterocycles. The molecule has 0 bridgehead atoms. The quantitative estimate of drug-likeness (QED) is 0.148. The summed E-state index contributed by atoms with van der Waals surface area (Å²) in [6, 6.07) is 97.9. The van der Waals surface area contributed by atoms with E-state index in [0.717, 1.165) is 22.7 Å². The lowest BCUT2D eigenvalue weighted by molar-refractivity contribution is 0.770. The molecular weight excluding hydrogens is 809 g/mol. The Balaban J connectivity index is 0.935. The lowest BCUT2D eigenvalue weighted by Crippen LogP contribution is -2.28. The minimum Gasteiger partial charge on any atom is -0.311 e. The maximum atomic E-state index is 2.47. The predicted octanol–water partition coefficient (Wildman–Crippen LogP) is 17.1. The Labute approximate surface area is 390 Å². The summed E-state index contributed by atoms with van der Waals surface area (Å²) in [7, 11) is 0. The van der Waals surface area contributed by atoms with Crippen LogP contribution in [0.2, 0.25) is 0 Å². The molecule has 11 aromatic carbocycles. The summed E-state index contributed by atoms with van der Waals surface area (Å²) >= 11 is 0. The minimum atomic E-state index is -0.469. The zero-order valence-corrected chi connectivity index (χ0v) is 36.8. The van der Waals surface area contributed by atoms with E-state index in [4.69, 9.17) is 0 Å². The van der Waals surface area contributed by atoms with Crippen LogP contribution in [0.4, 0.5) is 17.1 Å². The molecule has 2 nitrogen and oxygen atoms in total. The van der Waals surface area contributed by atoms with Crippen LogP contribution in [0.1, 0.15) is 22.3 Å². The van der Waals surface area contributed by atoms with E-state index in [1.165, 1.54) is 88.2 Å². The maximum Gasteiger partial charge on any atom is 0.0713 e. The molecule has 0 saturated carbocycles. The van der Waals surface area contributed by atoms with Crippen molar-refractivity contribution in [1.82, 2.24) is 4.57 Å². The predicted molar refractivity (Wildman–Crippen MR) is 281 cm³/mol. The third-order valence-electron chi connectivity index (χ3n) is 14.1. The van der Waals surface area contributed by atoms with Gasteiger partial charge in [0, 0.05) is 33.5 Å². The number of nitrogens with zero attached hydrogens (tertiary/aromatic N) is 2. The number of aromatic nitrogens is 1. The van der Waals surface area contributed by atoms with Crippen molar-refractivity contribution in [1.29, 1.82) is 0 Å². The molecule has 0 fully saturated rings. The second-order valence-corrected chi connectivity index (χ2v) is 17.6. The molecular formula is C65H44N2. The van der Waals surface area contributed by atoms with Gasteiger partial charge in [-0.15, -0.1) is 0 Å². The highest BCUT2D eigenvalue weighted by molar-refractivity contribution is 6.10. The molecule has 314 valence electrons. The molecule has 1 aliphatic rings.